The van der Waals surface area contributed by atoms with Gasteiger partial charge in [0.1, 0.15) is 11.5 Å². The topological polar surface area (TPSA) is 83.7 Å². The first-order chi connectivity index (χ1) is 16.7. The fourth-order valence-corrected chi connectivity index (χ4v) is 6.01. The average Bonchev–Trinajstić information content (AvgIpc) is 3.24. The number of hydrogen-bond donors (Lipinski definition) is 0. The number of aromatic nitrogens is 1. The van der Waals surface area contributed by atoms with Crippen LogP contribution in [-0.2, 0) is 14.8 Å². The van der Waals surface area contributed by atoms with E-state index in [9.17, 15) is 17.6 Å². The lowest BCUT2D eigenvalue weighted by molar-refractivity contribution is -0.123. The van der Waals surface area contributed by atoms with E-state index in [2.05, 4.69) is 5.16 Å². The molecule has 2 heterocycles. The van der Waals surface area contributed by atoms with Crippen LogP contribution in [0.1, 0.15) is 35.4 Å². The summed E-state index contributed by atoms with van der Waals surface area (Å²) in [5, 5.41) is 3.84. The van der Waals surface area contributed by atoms with Crippen LogP contribution < -0.4 is 4.90 Å². The third-order valence-corrected chi connectivity index (χ3v) is 8.26. The van der Waals surface area contributed by atoms with Crippen molar-refractivity contribution in [2.24, 2.45) is 5.92 Å². The maximum atomic E-state index is 14.0. The van der Waals surface area contributed by atoms with Crippen molar-refractivity contribution < 1.29 is 22.1 Å². The maximum Gasteiger partial charge on any atom is 0.248 e. The fraction of sp³-hybridized carbons (Fsp3) is 0.308. The molecule has 0 aliphatic carbocycles. The number of carbonyl (C=O) groups is 1. The Labute approximate surface area is 204 Å². The van der Waals surface area contributed by atoms with Gasteiger partial charge in [-0.2, -0.15) is 4.31 Å². The lowest BCUT2D eigenvalue weighted by Crippen LogP contribution is -2.46. The number of aryl methyl sites for hydroxylation is 2. The molecule has 1 amide bonds. The van der Waals surface area contributed by atoms with Crippen LogP contribution in [0.15, 0.2) is 57.9 Å². The van der Waals surface area contributed by atoms with Crippen molar-refractivity contribution in [2.45, 2.75) is 31.6 Å². The largest absolute Gasteiger partial charge is 0.355 e. The molecule has 2 aromatic carbocycles. The van der Waals surface area contributed by atoms with Crippen LogP contribution in [-0.4, -0.2) is 43.9 Å². The Bertz CT molecular complexity index is 1350. The molecule has 0 N–H and O–H groups in total. The Morgan fingerprint density at radius 2 is 1.86 bits per heavy atom. The number of hydrogen-bond acceptors (Lipinski definition) is 5. The van der Waals surface area contributed by atoms with Crippen molar-refractivity contribution in [1.82, 2.24) is 9.46 Å². The van der Waals surface area contributed by atoms with E-state index >= 15 is 0 Å². The Balaban J connectivity index is 1.56. The van der Waals surface area contributed by atoms with E-state index in [1.807, 2.05) is 31.2 Å². The second-order valence-corrected chi connectivity index (χ2v) is 10.6. The van der Waals surface area contributed by atoms with Gasteiger partial charge in [0.25, 0.3) is 0 Å². The number of halogens is 1. The first-order valence-electron chi connectivity index (χ1n) is 11.4. The van der Waals surface area contributed by atoms with E-state index in [4.69, 9.17) is 4.52 Å². The van der Waals surface area contributed by atoms with Gasteiger partial charge in [-0.1, -0.05) is 41.1 Å². The van der Waals surface area contributed by atoms with Crippen molar-refractivity contribution in [3.8, 4) is 0 Å². The minimum Gasteiger partial charge on any atom is -0.355 e. The molecule has 0 radical (unpaired) electrons. The number of sulfonamides is 1. The van der Waals surface area contributed by atoms with Crippen molar-refractivity contribution in [2.75, 3.05) is 25.0 Å². The summed E-state index contributed by atoms with van der Waals surface area (Å²) in [5.41, 5.74) is 2.36. The molecule has 1 fully saturated rings. The monoisotopic (exact) mass is 497 g/mol. The third-order valence-electron chi connectivity index (χ3n) is 6.24. The highest BCUT2D eigenvalue weighted by Gasteiger charge is 2.37. The van der Waals surface area contributed by atoms with Crippen LogP contribution >= 0.6 is 0 Å². The maximum absolute atomic E-state index is 14.0. The van der Waals surface area contributed by atoms with Gasteiger partial charge in [-0.15, -0.1) is 0 Å². The summed E-state index contributed by atoms with van der Waals surface area (Å²) < 4.78 is 47.8. The summed E-state index contributed by atoms with van der Waals surface area (Å²) in [6, 6.07) is 13.8. The standard InChI is InChI=1S/C26H28FN3O4S/c1-18-10-13-22(14-11-18)29(3)26(31)21-8-6-16-30(17-21)35(32,33)25-19(2)28-34-24(25)15-12-20-7-4-5-9-23(20)27/h4-5,7,9-15,21H,6,8,16-17H2,1-3H3/b15-12+. The Morgan fingerprint density at radius 1 is 1.14 bits per heavy atom. The van der Waals surface area contributed by atoms with Crippen LogP contribution in [0.4, 0.5) is 10.1 Å². The molecule has 0 bridgehead atoms. The molecule has 1 atom stereocenters. The summed E-state index contributed by atoms with van der Waals surface area (Å²) >= 11 is 0. The fourth-order valence-electron chi connectivity index (χ4n) is 4.24. The van der Waals surface area contributed by atoms with Gasteiger partial charge in [0, 0.05) is 31.4 Å². The molecule has 1 saturated heterocycles. The second-order valence-electron chi connectivity index (χ2n) is 8.75. The molecule has 1 aromatic heterocycles. The summed E-state index contributed by atoms with van der Waals surface area (Å²) in [6.45, 7) is 3.89. The van der Waals surface area contributed by atoms with Crippen LogP contribution in [0.2, 0.25) is 0 Å². The Hall–Kier alpha value is -3.30. The van der Waals surface area contributed by atoms with Gasteiger partial charge in [0.05, 0.1) is 5.92 Å². The third kappa shape index (κ3) is 5.21. The zero-order chi connectivity index (χ0) is 25.2. The highest BCUT2D eigenvalue weighted by molar-refractivity contribution is 7.89. The van der Waals surface area contributed by atoms with E-state index in [0.29, 0.717) is 24.9 Å². The van der Waals surface area contributed by atoms with Gasteiger partial charge in [-0.05, 0) is 57.0 Å². The number of carbonyl (C=O) groups excluding carboxylic acids is 1. The number of piperidine rings is 1. The van der Waals surface area contributed by atoms with Gasteiger partial charge in [0.15, 0.2) is 10.7 Å². The molecule has 0 saturated carbocycles. The lowest BCUT2D eigenvalue weighted by Gasteiger charge is -2.33. The van der Waals surface area contributed by atoms with Gasteiger partial charge < -0.3 is 9.42 Å². The molecular formula is C26H28FN3O4S. The zero-order valence-corrected chi connectivity index (χ0v) is 20.8. The van der Waals surface area contributed by atoms with E-state index in [1.54, 1.807) is 37.1 Å². The number of amides is 1. The second kappa shape index (κ2) is 10.1. The van der Waals surface area contributed by atoms with Crippen molar-refractivity contribution in [3.05, 3.63) is 76.9 Å². The molecule has 1 aliphatic heterocycles. The van der Waals surface area contributed by atoms with Crippen LogP contribution in [0, 0.1) is 25.6 Å². The molecule has 1 unspecified atom stereocenters. The minimum absolute atomic E-state index is 0.0241. The van der Waals surface area contributed by atoms with Crippen LogP contribution in [0.3, 0.4) is 0 Å². The van der Waals surface area contributed by atoms with E-state index in [1.165, 1.54) is 22.5 Å². The van der Waals surface area contributed by atoms with Crippen molar-refractivity contribution in [1.29, 1.82) is 0 Å². The molecule has 35 heavy (non-hydrogen) atoms. The van der Waals surface area contributed by atoms with Gasteiger partial charge in [0.2, 0.25) is 15.9 Å². The molecule has 7 nitrogen and oxygen atoms in total. The first kappa shape index (κ1) is 24.8. The smallest absolute Gasteiger partial charge is 0.248 e. The summed E-state index contributed by atoms with van der Waals surface area (Å²) in [7, 11) is -2.29. The van der Waals surface area contributed by atoms with Crippen molar-refractivity contribution >= 4 is 33.8 Å². The SMILES string of the molecule is Cc1ccc(N(C)C(=O)C2CCCN(S(=O)(=O)c3c(C)noc3/C=C/c3ccccc3F)C2)cc1. The lowest BCUT2D eigenvalue weighted by atomic mass is 9.98. The molecular weight excluding hydrogens is 469 g/mol. The summed E-state index contributed by atoms with van der Waals surface area (Å²) in [6.07, 6.45) is 4.02. The number of nitrogens with zero attached hydrogens (tertiary/aromatic N) is 3. The average molecular weight is 498 g/mol. The first-order valence-corrected chi connectivity index (χ1v) is 12.9. The van der Waals surface area contributed by atoms with Gasteiger partial charge in [-0.25, -0.2) is 12.8 Å². The molecule has 184 valence electrons. The normalized spacial score (nSPS) is 17.1. The molecule has 1 aliphatic rings. The van der Waals surface area contributed by atoms with Gasteiger partial charge in [-0.3, -0.25) is 4.79 Å². The van der Waals surface area contributed by atoms with E-state index in [0.717, 1.165) is 11.3 Å². The quantitative estimate of drug-likeness (QED) is 0.494. The van der Waals surface area contributed by atoms with Gasteiger partial charge >= 0.3 is 0 Å². The molecule has 0 spiro atoms. The molecule has 3 aromatic rings. The highest BCUT2D eigenvalue weighted by atomic mass is 32.2. The summed E-state index contributed by atoms with van der Waals surface area (Å²) in [5.74, 6) is -1.01. The number of benzene rings is 2. The highest BCUT2D eigenvalue weighted by Crippen LogP contribution is 2.30. The minimum atomic E-state index is -4.00. The van der Waals surface area contributed by atoms with Crippen LogP contribution in [0.25, 0.3) is 12.2 Å². The van der Waals surface area contributed by atoms with E-state index < -0.39 is 21.8 Å². The molecule has 9 heteroatoms. The summed E-state index contributed by atoms with van der Waals surface area (Å²) in [4.78, 5) is 14.7. The van der Waals surface area contributed by atoms with Crippen LogP contribution in [0.5, 0.6) is 0 Å². The Kier molecular flexibility index (Phi) is 7.18. The predicted molar refractivity (Wildman–Crippen MR) is 133 cm³/mol. The molecule has 4 rings (SSSR count). The number of rotatable bonds is 6. The predicted octanol–water partition coefficient (Wildman–Crippen LogP) is 4.66. The number of anilines is 1. The van der Waals surface area contributed by atoms with Crippen molar-refractivity contribution in [3.63, 3.8) is 0 Å². The Morgan fingerprint density at radius 3 is 2.57 bits per heavy atom. The van der Waals surface area contributed by atoms with E-state index in [-0.39, 0.29) is 28.8 Å². The zero-order valence-electron chi connectivity index (χ0n) is 19.9.